The molecule has 0 bridgehead atoms. The summed E-state index contributed by atoms with van der Waals surface area (Å²) in [6.07, 6.45) is 2.54. The third-order valence-corrected chi connectivity index (χ3v) is 3.40. The number of amides is 1. The summed E-state index contributed by atoms with van der Waals surface area (Å²) in [5.74, 6) is -0.700. The lowest BCUT2D eigenvalue weighted by molar-refractivity contribution is -0.119. The first-order chi connectivity index (χ1) is 11.0. The van der Waals surface area contributed by atoms with Crippen LogP contribution < -0.4 is 5.32 Å². The van der Waals surface area contributed by atoms with Crippen LogP contribution in [0.15, 0.2) is 36.7 Å². The summed E-state index contributed by atoms with van der Waals surface area (Å²) in [4.78, 5) is 19.6. The smallest absolute Gasteiger partial charge is 0.217 e. The first kappa shape index (κ1) is 15.1. The third kappa shape index (κ3) is 2.90. The molecule has 0 spiro atoms. The number of nitrogens with one attached hydrogen (secondary N) is 1. The van der Waals surface area contributed by atoms with E-state index in [9.17, 15) is 13.6 Å². The van der Waals surface area contributed by atoms with Gasteiger partial charge in [-0.2, -0.15) is 0 Å². The molecule has 3 rings (SSSR count). The van der Waals surface area contributed by atoms with Crippen molar-refractivity contribution in [2.45, 2.75) is 19.9 Å². The fourth-order valence-corrected chi connectivity index (χ4v) is 2.52. The van der Waals surface area contributed by atoms with Gasteiger partial charge in [0.15, 0.2) is 0 Å². The van der Waals surface area contributed by atoms with Gasteiger partial charge in [0.1, 0.15) is 17.5 Å². The zero-order valence-corrected chi connectivity index (χ0v) is 12.5. The highest BCUT2D eigenvalue weighted by Gasteiger charge is 2.19. The number of carbonyl (C=O) groups excluding carboxylic acids is 1. The Hall–Kier alpha value is -2.83. The van der Waals surface area contributed by atoms with E-state index in [1.807, 2.05) is 0 Å². The van der Waals surface area contributed by atoms with Crippen molar-refractivity contribution in [3.8, 4) is 5.69 Å². The molecule has 118 valence electrons. The molecule has 1 N–H and O–H groups in total. The summed E-state index contributed by atoms with van der Waals surface area (Å²) < 4.78 is 28.8. The number of rotatable bonds is 3. The average Bonchev–Trinajstić information content (AvgIpc) is 2.85. The molecule has 1 atom stereocenters. The average molecular weight is 316 g/mol. The Bertz CT molecular complexity index is 891. The molecule has 0 saturated carbocycles. The maximum Gasteiger partial charge on any atom is 0.217 e. The van der Waals surface area contributed by atoms with Crippen LogP contribution in [0.4, 0.5) is 8.78 Å². The Morgan fingerprint density at radius 1 is 1.22 bits per heavy atom. The fourth-order valence-electron chi connectivity index (χ4n) is 2.52. The molecule has 0 aliphatic carbocycles. The standard InChI is InChI=1S/C16H14F2N4O/c1-9(20-10(2)23)16-21-14-4-3-11(17)6-15(14)22(16)13-5-12(18)7-19-8-13/h3-9H,1-2H3,(H,20,23). The second-order valence-corrected chi connectivity index (χ2v) is 5.22. The zero-order chi connectivity index (χ0) is 16.6. The SMILES string of the molecule is CC(=O)NC(C)c1nc2ccc(F)cc2n1-c1cncc(F)c1. The molecule has 1 aromatic carbocycles. The third-order valence-electron chi connectivity index (χ3n) is 3.40. The number of imidazole rings is 1. The van der Waals surface area contributed by atoms with Crippen LogP contribution in [0.25, 0.3) is 16.7 Å². The van der Waals surface area contributed by atoms with E-state index in [1.54, 1.807) is 11.5 Å². The van der Waals surface area contributed by atoms with Crippen LogP contribution in [0.2, 0.25) is 0 Å². The number of nitrogens with zero attached hydrogens (tertiary/aromatic N) is 3. The van der Waals surface area contributed by atoms with E-state index in [4.69, 9.17) is 0 Å². The molecule has 1 amide bonds. The summed E-state index contributed by atoms with van der Waals surface area (Å²) in [6, 6.07) is 5.00. The van der Waals surface area contributed by atoms with Crippen LogP contribution in [0.1, 0.15) is 25.7 Å². The first-order valence-electron chi connectivity index (χ1n) is 7.01. The van der Waals surface area contributed by atoms with E-state index < -0.39 is 17.7 Å². The van der Waals surface area contributed by atoms with Crippen LogP contribution >= 0.6 is 0 Å². The number of hydrogen-bond donors (Lipinski definition) is 1. The van der Waals surface area contributed by atoms with Gasteiger partial charge in [-0.15, -0.1) is 0 Å². The van der Waals surface area contributed by atoms with Gasteiger partial charge in [0.2, 0.25) is 5.91 Å². The minimum absolute atomic E-state index is 0.223. The van der Waals surface area contributed by atoms with Crippen molar-refractivity contribution in [3.05, 3.63) is 54.1 Å². The Kier molecular flexibility index (Phi) is 3.77. The highest BCUT2D eigenvalue weighted by Crippen LogP contribution is 2.26. The van der Waals surface area contributed by atoms with Gasteiger partial charge in [0.05, 0.1) is 35.2 Å². The predicted octanol–water partition coefficient (Wildman–Crippen LogP) is 2.90. The topological polar surface area (TPSA) is 59.8 Å². The monoisotopic (exact) mass is 316 g/mol. The molecular weight excluding hydrogens is 302 g/mol. The van der Waals surface area contributed by atoms with Crippen molar-refractivity contribution in [2.75, 3.05) is 0 Å². The number of fused-ring (bicyclic) bond motifs is 1. The van der Waals surface area contributed by atoms with E-state index in [-0.39, 0.29) is 5.91 Å². The number of benzene rings is 1. The second kappa shape index (κ2) is 5.75. The van der Waals surface area contributed by atoms with Crippen LogP contribution in [0, 0.1) is 11.6 Å². The molecule has 7 heteroatoms. The maximum atomic E-state index is 13.6. The molecular formula is C16H14F2N4O. The van der Waals surface area contributed by atoms with E-state index in [0.29, 0.717) is 22.5 Å². The molecule has 0 saturated heterocycles. The van der Waals surface area contributed by atoms with Crippen molar-refractivity contribution in [1.29, 1.82) is 0 Å². The predicted molar refractivity (Wildman–Crippen MR) is 81.0 cm³/mol. The van der Waals surface area contributed by atoms with Crippen molar-refractivity contribution in [1.82, 2.24) is 19.9 Å². The number of pyridine rings is 1. The fraction of sp³-hybridized carbons (Fsp3) is 0.188. The zero-order valence-electron chi connectivity index (χ0n) is 12.5. The lowest BCUT2D eigenvalue weighted by Crippen LogP contribution is -2.26. The maximum absolute atomic E-state index is 13.6. The van der Waals surface area contributed by atoms with Crippen molar-refractivity contribution in [2.24, 2.45) is 0 Å². The Morgan fingerprint density at radius 3 is 2.70 bits per heavy atom. The van der Waals surface area contributed by atoms with Gasteiger partial charge >= 0.3 is 0 Å². The van der Waals surface area contributed by atoms with Crippen molar-refractivity contribution >= 4 is 16.9 Å². The number of aromatic nitrogens is 3. The lowest BCUT2D eigenvalue weighted by atomic mass is 10.2. The van der Waals surface area contributed by atoms with Gasteiger partial charge in [-0.3, -0.25) is 14.3 Å². The van der Waals surface area contributed by atoms with Crippen LogP contribution in [0.3, 0.4) is 0 Å². The normalized spacial score (nSPS) is 12.3. The highest BCUT2D eigenvalue weighted by atomic mass is 19.1. The van der Waals surface area contributed by atoms with Gasteiger partial charge in [-0.25, -0.2) is 13.8 Å². The minimum atomic E-state index is -0.515. The summed E-state index contributed by atoms with van der Waals surface area (Å²) in [5, 5.41) is 2.73. The molecule has 2 aromatic heterocycles. The van der Waals surface area contributed by atoms with E-state index in [1.165, 1.54) is 37.4 Å². The molecule has 0 radical (unpaired) electrons. The van der Waals surface area contributed by atoms with Gasteiger partial charge in [0, 0.05) is 19.1 Å². The van der Waals surface area contributed by atoms with Gasteiger partial charge in [-0.1, -0.05) is 0 Å². The molecule has 3 aromatic rings. The Labute approximate surface area is 131 Å². The van der Waals surface area contributed by atoms with E-state index in [0.717, 1.165) is 6.20 Å². The Morgan fingerprint density at radius 2 is 2.00 bits per heavy atom. The number of hydrogen-bond acceptors (Lipinski definition) is 3. The molecule has 0 fully saturated rings. The Balaban J connectivity index is 2.26. The lowest BCUT2D eigenvalue weighted by Gasteiger charge is -2.15. The van der Waals surface area contributed by atoms with E-state index >= 15 is 0 Å². The largest absolute Gasteiger partial charge is 0.347 e. The summed E-state index contributed by atoms with van der Waals surface area (Å²) in [6.45, 7) is 3.15. The molecule has 5 nitrogen and oxygen atoms in total. The summed E-state index contributed by atoms with van der Waals surface area (Å²) in [5.41, 5.74) is 1.43. The van der Waals surface area contributed by atoms with Crippen molar-refractivity contribution < 1.29 is 13.6 Å². The van der Waals surface area contributed by atoms with Crippen molar-refractivity contribution in [3.63, 3.8) is 0 Å². The minimum Gasteiger partial charge on any atom is -0.347 e. The number of carbonyl (C=O) groups is 1. The van der Waals surface area contributed by atoms with Crippen LogP contribution in [-0.4, -0.2) is 20.4 Å². The van der Waals surface area contributed by atoms with Gasteiger partial charge in [-0.05, 0) is 19.1 Å². The number of halogens is 2. The molecule has 2 heterocycles. The molecule has 0 aliphatic rings. The molecule has 23 heavy (non-hydrogen) atoms. The summed E-state index contributed by atoms with van der Waals surface area (Å²) in [7, 11) is 0. The molecule has 0 aliphatic heterocycles. The van der Waals surface area contributed by atoms with Gasteiger partial charge < -0.3 is 5.32 Å². The second-order valence-electron chi connectivity index (χ2n) is 5.22. The van der Waals surface area contributed by atoms with Crippen LogP contribution in [0.5, 0.6) is 0 Å². The highest BCUT2D eigenvalue weighted by molar-refractivity contribution is 5.79. The van der Waals surface area contributed by atoms with Crippen LogP contribution in [-0.2, 0) is 4.79 Å². The first-order valence-corrected chi connectivity index (χ1v) is 7.01. The quantitative estimate of drug-likeness (QED) is 0.808. The molecule has 1 unspecified atom stereocenters. The summed E-state index contributed by atoms with van der Waals surface area (Å²) >= 11 is 0. The van der Waals surface area contributed by atoms with E-state index in [2.05, 4.69) is 15.3 Å². The van der Waals surface area contributed by atoms with Gasteiger partial charge in [0.25, 0.3) is 0 Å².